The minimum absolute atomic E-state index is 0.00232. The molecule has 0 atom stereocenters. The van der Waals surface area contributed by atoms with E-state index in [1.165, 1.54) is 16.9 Å². The third-order valence-electron chi connectivity index (χ3n) is 9.19. The monoisotopic (exact) mass is 746 g/mol. The average molecular weight is 747 g/mol. The van der Waals surface area contributed by atoms with Crippen LogP contribution in [0.25, 0.3) is 27.6 Å². The Morgan fingerprint density at radius 3 is 2.40 bits per heavy atom. The molecule has 0 bridgehead atoms. The second kappa shape index (κ2) is 17.1. The lowest BCUT2D eigenvalue weighted by Crippen LogP contribution is -2.49. The number of nitrogens with one attached hydrogen (secondary N) is 2. The maximum absolute atomic E-state index is 15.0. The maximum Gasteiger partial charge on any atom is 0.278 e. The van der Waals surface area contributed by atoms with Gasteiger partial charge in [0, 0.05) is 61.8 Å². The van der Waals surface area contributed by atoms with Crippen molar-refractivity contribution < 1.29 is 14.3 Å². The third-order valence-corrected chi connectivity index (χ3v) is 9.19. The third kappa shape index (κ3) is 7.92. The topological polar surface area (TPSA) is 167 Å². The molecular formula is C40H43FN10O4. The van der Waals surface area contributed by atoms with Gasteiger partial charge in [-0.15, -0.1) is 0 Å². The highest BCUT2D eigenvalue weighted by Crippen LogP contribution is 2.24. The first-order valence-corrected chi connectivity index (χ1v) is 18.2. The quantitative estimate of drug-likeness (QED) is 0.160. The molecule has 1 aliphatic heterocycles. The van der Waals surface area contributed by atoms with E-state index in [0.717, 1.165) is 11.4 Å². The number of benzene rings is 3. The first-order chi connectivity index (χ1) is 26.8. The van der Waals surface area contributed by atoms with Crippen molar-refractivity contribution in [3.05, 3.63) is 122 Å². The number of aliphatic hydroxyl groups is 1. The number of allylic oxidation sites excluding steroid dienone is 1. The molecule has 6 aromatic rings. The summed E-state index contributed by atoms with van der Waals surface area (Å²) in [5.41, 5.74) is 2.77. The molecule has 1 aliphatic rings. The van der Waals surface area contributed by atoms with Crippen LogP contribution in [0.15, 0.2) is 93.6 Å². The van der Waals surface area contributed by atoms with Gasteiger partial charge in [0.25, 0.3) is 17.0 Å². The summed E-state index contributed by atoms with van der Waals surface area (Å²) >= 11 is 0. The van der Waals surface area contributed by atoms with E-state index in [1.807, 2.05) is 50.2 Å². The molecule has 3 aromatic heterocycles. The molecule has 15 heteroatoms. The lowest BCUT2D eigenvalue weighted by molar-refractivity contribution is 0.0742. The van der Waals surface area contributed by atoms with Gasteiger partial charge in [-0.2, -0.15) is 10.1 Å². The van der Waals surface area contributed by atoms with Gasteiger partial charge < -0.3 is 20.2 Å². The summed E-state index contributed by atoms with van der Waals surface area (Å²) < 4.78 is 18.0. The molecule has 3 aromatic carbocycles. The summed E-state index contributed by atoms with van der Waals surface area (Å²) in [6.45, 7) is 9.35. The van der Waals surface area contributed by atoms with E-state index in [4.69, 9.17) is 0 Å². The predicted octanol–water partition coefficient (Wildman–Crippen LogP) is 5.19. The van der Waals surface area contributed by atoms with Gasteiger partial charge in [0.15, 0.2) is 5.65 Å². The van der Waals surface area contributed by atoms with Crippen LogP contribution in [0, 0.1) is 5.82 Å². The molecule has 0 spiro atoms. The summed E-state index contributed by atoms with van der Waals surface area (Å²) in [5, 5.41) is 21.1. The fourth-order valence-corrected chi connectivity index (χ4v) is 6.57. The maximum atomic E-state index is 15.0. The summed E-state index contributed by atoms with van der Waals surface area (Å²) in [6, 6.07) is 19.4. The van der Waals surface area contributed by atoms with Gasteiger partial charge in [-0.25, -0.2) is 28.8 Å². The van der Waals surface area contributed by atoms with Crippen molar-refractivity contribution in [2.75, 3.05) is 43.0 Å². The molecule has 1 saturated heterocycles. The highest BCUT2D eigenvalue weighted by atomic mass is 19.1. The molecule has 0 aliphatic carbocycles. The van der Waals surface area contributed by atoms with Crippen molar-refractivity contribution in [3.63, 3.8) is 0 Å². The van der Waals surface area contributed by atoms with E-state index < -0.39 is 5.82 Å². The zero-order valence-corrected chi connectivity index (χ0v) is 31.2. The number of anilines is 3. The van der Waals surface area contributed by atoms with Gasteiger partial charge in [-0.1, -0.05) is 38.1 Å². The number of nitrogens with zero attached hydrogens (tertiary/aromatic N) is 8. The number of H-pyrrole nitrogens is 1. The number of hydrogen-bond acceptors (Lipinski definition) is 10. The van der Waals surface area contributed by atoms with Crippen molar-refractivity contribution >= 4 is 57.1 Å². The van der Waals surface area contributed by atoms with Crippen LogP contribution in [-0.4, -0.2) is 84.4 Å². The number of fused-ring (bicyclic) bond motifs is 2. The van der Waals surface area contributed by atoms with Crippen LogP contribution < -0.4 is 21.3 Å². The molecule has 55 heavy (non-hydrogen) atoms. The minimum Gasteiger partial charge on any atom is -0.394 e. The number of piperazine rings is 1. The normalized spacial score (nSPS) is 13.4. The van der Waals surface area contributed by atoms with Gasteiger partial charge in [0.1, 0.15) is 17.0 Å². The Balaban J connectivity index is 0.00000253. The number of carbonyl (C=O) groups is 1. The molecule has 0 radical (unpaired) electrons. The number of aliphatic imine (C=N–C) groups is 1. The summed E-state index contributed by atoms with van der Waals surface area (Å²) in [4.78, 5) is 56.0. The van der Waals surface area contributed by atoms with Crippen molar-refractivity contribution in [1.82, 2.24) is 34.4 Å². The Morgan fingerprint density at radius 1 is 0.982 bits per heavy atom. The van der Waals surface area contributed by atoms with Gasteiger partial charge >= 0.3 is 0 Å². The Bertz CT molecular complexity index is 2500. The van der Waals surface area contributed by atoms with Gasteiger partial charge in [-0.3, -0.25) is 14.4 Å². The van der Waals surface area contributed by atoms with Crippen LogP contribution in [-0.2, 0) is 13.0 Å². The Kier molecular flexibility index (Phi) is 11.9. The van der Waals surface area contributed by atoms with Crippen LogP contribution >= 0.6 is 0 Å². The highest BCUT2D eigenvalue weighted by molar-refractivity contribution is 5.95. The number of rotatable bonds is 10. The molecular weight excluding hydrogens is 704 g/mol. The number of aliphatic hydroxyl groups excluding tert-OH is 1. The molecule has 4 heterocycles. The Morgan fingerprint density at radius 2 is 1.71 bits per heavy atom. The Labute approximate surface area is 316 Å². The highest BCUT2D eigenvalue weighted by Gasteiger charge is 2.25. The summed E-state index contributed by atoms with van der Waals surface area (Å²) in [5.74, 6) is -0.200. The fraction of sp³-hybridized carbons (Fsp3) is 0.275. The minimum atomic E-state index is -0.588. The first-order valence-electron chi connectivity index (χ1n) is 18.2. The lowest BCUT2D eigenvalue weighted by Gasteiger charge is -2.36. The van der Waals surface area contributed by atoms with Crippen molar-refractivity contribution in [2.45, 2.75) is 40.7 Å². The molecule has 3 N–H and O–H groups in total. The lowest BCUT2D eigenvalue weighted by atomic mass is 10.0. The number of hydrogen-bond donors (Lipinski definition) is 3. The smallest absolute Gasteiger partial charge is 0.278 e. The number of halogens is 1. The molecule has 14 nitrogen and oxygen atoms in total. The zero-order chi connectivity index (χ0) is 39.1. The van der Waals surface area contributed by atoms with Crippen molar-refractivity contribution in [2.24, 2.45) is 4.99 Å². The van der Waals surface area contributed by atoms with E-state index >= 15 is 4.39 Å². The van der Waals surface area contributed by atoms with Gasteiger partial charge in [-0.05, 0) is 68.0 Å². The first kappa shape index (κ1) is 38.3. The SMILES string of the molecule is C/C=N\C(=C/C)n1c2nc(Nc3ccc(N4CCN(C(=O)c5cc(Cc6n[nH]c(=O)c7ccccc67)ccc5F)CC4)cc3)ncc2c(=O)n1CCO.CC. The molecule has 0 unspecified atom stereocenters. The molecule has 284 valence electrons. The van der Waals surface area contributed by atoms with Crippen LogP contribution in [0.1, 0.15) is 49.3 Å². The average Bonchev–Trinajstić information content (AvgIpc) is 3.49. The van der Waals surface area contributed by atoms with E-state index in [1.54, 1.807) is 60.0 Å². The standard InChI is InChI=1S/C38H37FN10O4.C2H6/c1-3-33(40-4-2)49-34-30(37(53)48(49)19-20-50)23-41-38(43-34)42-25-10-12-26(13-11-25)46-15-17-47(18-16-46)36(52)29-21-24(9-14-31(29)39)22-32-27-7-5-6-8-28(27)35(51)45-44-32;1-2/h3-14,21,23,50H,15-20,22H2,1-2H3,(H,45,51)(H,41,42,43);1-2H3/b33-3+,40-4-;. The largest absolute Gasteiger partial charge is 0.394 e. The predicted molar refractivity (Wildman–Crippen MR) is 214 cm³/mol. The number of carbonyl (C=O) groups excluding carboxylic acids is 1. The van der Waals surface area contributed by atoms with Gasteiger partial charge in [0.05, 0.1) is 29.8 Å². The van der Waals surface area contributed by atoms with Crippen molar-refractivity contribution in [3.8, 4) is 0 Å². The van der Waals surface area contributed by atoms with Crippen LogP contribution in [0.2, 0.25) is 0 Å². The molecule has 1 fully saturated rings. The van der Waals surface area contributed by atoms with E-state index in [9.17, 15) is 19.5 Å². The summed E-state index contributed by atoms with van der Waals surface area (Å²) in [6.07, 6.45) is 5.15. The molecule has 0 saturated carbocycles. The van der Waals surface area contributed by atoms with Crippen molar-refractivity contribution in [1.29, 1.82) is 0 Å². The van der Waals surface area contributed by atoms with Crippen LogP contribution in [0.5, 0.6) is 0 Å². The fourth-order valence-electron chi connectivity index (χ4n) is 6.57. The number of aromatic amines is 1. The van der Waals surface area contributed by atoms with E-state index in [-0.39, 0.29) is 41.7 Å². The van der Waals surface area contributed by atoms with Crippen LogP contribution in [0.3, 0.4) is 0 Å². The molecule has 7 rings (SSSR count). The Hall–Kier alpha value is -6.48. The van der Waals surface area contributed by atoms with Gasteiger partial charge in [0.2, 0.25) is 5.95 Å². The zero-order valence-electron chi connectivity index (χ0n) is 31.2. The second-order valence-corrected chi connectivity index (χ2v) is 12.4. The van der Waals surface area contributed by atoms with Crippen LogP contribution in [0.4, 0.5) is 21.7 Å². The number of amides is 1. The van der Waals surface area contributed by atoms with E-state index in [0.29, 0.717) is 71.5 Å². The molecule has 1 amide bonds. The summed E-state index contributed by atoms with van der Waals surface area (Å²) in [7, 11) is 0. The van der Waals surface area contributed by atoms with E-state index in [2.05, 4.69) is 35.4 Å². The second-order valence-electron chi connectivity index (χ2n) is 12.4. The number of aromatic nitrogens is 6.